The molecular weight excluding hydrogens is 238 g/mol. The molecule has 0 aliphatic rings. The van der Waals surface area contributed by atoms with Crippen LogP contribution >= 0.6 is 11.6 Å². The first-order chi connectivity index (χ1) is 8.17. The molecule has 0 saturated heterocycles. The van der Waals surface area contributed by atoms with Crippen molar-refractivity contribution in [2.24, 2.45) is 0 Å². The Kier molecular flexibility index (Phi) is 6.34. The van der Waals surface area contributed by atoms with Gasteiger partial charge in [0.25, 0.3) is 0 Å². The molecule has 0 aliphatic carbocycles. The van der Waals surface area contributed by atoms with Gasteiger partial charge in [-0.3, -0.25) is 0 Å². The van der Waals surface area contributed by atoms with Gasteiger partial charge in [-0.25, -0.2) is 0 Å². The van der Waals surface area contributed by atoms with Crippen molar-refractivity contribution in [2.75, 3.05) is 13.7 Å². The lowest BCUT2D eigenvalue weighted by Gasteiger charge is -2.17. The predicted molar refractivity (Wildman–Crippen MR) is 70.5 cm³/mol. The first-order valence-corrected chi connectivity index (χ1v) is 6.24. The van der Waals surface area contributed by atoms with Crippen LogP contribution in [-0.4, -0.2) is 24.9 Å². The van der Waals surface area contributed by atoms with Gasteiger partial charge in [-0.2, -0.15) is 0 Å². The van der Waals surface area contributed by atoms with E-state index in [1.54, 1.807) is 19.2 Å². The quantitative estimate of drug-likeness (QED) is 0.789. The molecule has 0 aromatic heterocycles. The Hall–Kier alpha value is -0.770. The summed E-state index contributed by atoms with van der Waals surface area (Å²) in [7, 11) is 1.71. The molecule has 1 aromatic rings. The van der Waals surface area contributed by atoms with Crippen LogP contribution in [0.4, 0.5) is 0 Å². The van der Waals surface area contributed by atoms with Gasteiger partial charge in [-0.1, -0.05) is 31.0 Å². The lowest BCUT2D eigenvalue weighted by atomic mass is 10.1. The largest absolute Gasteiger partial charge is 0.506 e. The molecule has 1 atom stereocenters. The lowest BCUT2D eigenvalue weighted by Crippen LogP contribution is -2.32. The fourth-order valence-electron chi connectivity index (χ4n) is 1.72. The number of halogens is 1. The predicted octanol–water partition coefficient (Wildman–Crippen LogP) is 2.95. The van der Waals surface area contributed by atoms with Crippen molar-refractivity contribution >= 4 is 11.6 Å². The summed E-state index contributed by atoms with van der Waals surface area (Å²) in [5, 5.41) is 13.1. The molecule has 96 valence electrons. The minimum absolute atomic E-state index is 0.123. The van der Waals surface area contributed by atoms with Crippen molar-refractivity contribution in [1.29, 1.82) is 0 Å². The number of phenolic OH excluding ortho intramolecular Hbond substituents is 1. The van der Waals surface area contributed by atoms with Crippen LogP contribution in [0.2, 0.25) is 5.02 Å². The monoisotopic (exact) mass is 257 g/mol. The minimum atomic E-state index is 0.123. The van der Waals surface area contributed by atoms with E-state index in [1.165, 1.54) is 0 Å². The molecule has 0 fully saturated rings. The van der Waals surface area contributed by atoms with Crippen LogP contribution < -0.4 is 5.32 Å². The van der Waals surface area contributed by atoms with E-state index in [1.807, 2.05) is 6.07 Å². The van der Waals surface area contributed by atoms with E-state index in [0.29, 0.717) is 17.7 Å². The Balaban J connectivity index is 2.49. The zero-order valence-corrected chi connectivity index (χ0v) is 11.1. The van der Waals surface area contributed by atoms with Gasteiger partial charge in [0.15, 0.2) is 0 Å². The fourth-order valence-corrected chi connectivity index (χ4v) is 1.92. The molecule has 0 saturated carbocycles. The Labute approximate surface area is 108 Å². The van der Waals surface area contributed by atoms with Crippen LogP contribution in [0.25, 0.3) is 0 Å². The number of aromatic hydroxyl groups is 1. The van der Waals surface area contributed by atoms with Crippen LogP contribution in [0.1, 0.15) is 25.3 Å². The van der Waals surface area contributed by atoms with E-state index in [0.717, 1.165) is 24.9 Å². The SMILES string of the molecule is CCCC(COC)NCc1ccc(O)c(Cl)c1. The number of nitrogens with one attached hydrogen (secondary N) is 1. The standard InChI is InChI=1S/C13H20ClNO2/c1-3-4-11(9-17-2)15-8-10-5-6-13(16)12(14)7-10/h5-7,11,15-16H,3-4,8-9H2,1-2H3. The molecule has 4 heteroatoms. The number of phenols is 1. The maximum atomic E-state index is 9.32. The van der Waals surface area contributed by atoms with E-state index in [-0.39, 0.29) is 5.75 Å². The number of hydrogen-bond donors (Lipinski definition) is 2. The van der Waals surface area contributed by atoms with Crippen molar-refractivity contribution in [3.8, 4) is 5.75 Å². The van der Waals surface area contributed by atoms with E-state index in [4.69, 9.17) is 16.3 Å². The third-order valence-corrected chi connectivity index (χ3v) is 2.91. The fraction of sp³-hybridized carbons (Fsp3) is 0.538. The molecule has 0 bridgehead atoms. The summed E-state index contributed by atoms with van der Waals surface area (Å²) in [4.78, 5) is 0. The van der Waals surface area contributed by atoms with Crippen molar-refractivity contribution in [2.45, 2.75) is 32.4 Å². The zero-order valence-electron chi connectivity index (χ0n) is 10.4. The van der Waals surface area contributed by atoms with Gasteiger partial charge < -0.3 is 15.2 Å². The minimum Gasteiger partial charge on any atom is -0.506 e. The Morgan fingerprint density at radius 3 is 2.82 bits per heavy atom. The van der Waals surface area contributed by atoms with Gasteiger partial charge >= 0.3 is 0 Å². The Morgan fingerprint density at radius 2 is 2.24 bits per heavy atom. The lowest BCUT2D eigenvalue weighted by molar-refractivity contribution is 0.161. The van der Waals surface area contributed by atoms with Crippen LogP contribution in [0, 0.1) is 0 Å². The van der Waals surface area contributed by atoms with E-state index < -0.39 is 0 Å². The zero-order chi connectivity index (χ0) is 12.7. The molecule has 3 nitrogen and oxygen atoms in total. The van der Waals surface area contributed by atoms with Crippen LogP contribution in [-0.2, 0) is 11.3 Å². The second kappa shape index (κ2) is 7.54. The van der Waals surface area contributed by atoms with Gasteiger partial charge in [0, 0.05) is 19.7 Å². The second-order valence-electron chi connectivity index (χ2n) is 4.11. The molecule has 0 aliphatic heterocycles. The summed E-state index contributed by atoms with van der Waals surface area (Å²) < 4.78 is 5.16. The normalized spacial score (nSPS) is 12.6. The topological polar surface area (TPSA) is 41.5 Å². The maximum Gasteiger partial charge on any atom is 0.134 e. The number of benzene rings is 1. The number of hydrogen-bond acceptors (Lipinski definition) is 3. The van der Waals surface area contributed by atoms with Crippen molar-refractivity contribution in [1.82, 2.24) is 5.32 Å². The van der Waals surface area contributed by atoms with Crippen molar-refractivity contribution in [3.05, 3.63) is 28.8 Å². The third-order valence-electron chi connectivity index (χ3n) is 2.61. The van der Waals surface area contributed by atoms with Gasteiger partial charge in [0.2, 0.25) is 0 Å². The summed E-state index contributed by atoms with van der Waals surface area (Å²) in [5.74, 6) is 0.123. The van der Waals surface area contributed by atoms with Crippen LogP contribution in [0.15, 0.2) is 18.2 Å². The third kappa shape index (κ3) is 4.94. The number of ether oxygens (including phenoxy) is 1. The molecule has 1 rings (SSSR count). The van der Waals surface area contributed by atoms with E-state index in [2.05, 4.69) is 12.2 Å². The summed E-state index contributed by atoms with van der Waals surface area (Å²) >= 11 is 5.85. The number of methoxy groups -OCH3 is 1. The highest BCUT2D eigenvalue weighted by Crippen LogP contribution is 2.23. The molecule has 0 amide bonds. The van der Waals surface area contributed by atoms with Gasteiger partial charge in [-0.15, -0.1) is 0 Å². The molecule has 1 unspecified atom stereocenters. The first kappa shape index (κ1) is 14.3. The van der Waals surface area contributed by atoms with E-state index >= 15 is 0 Å². The van der Waals surface area contributed by atoms with Gasteiger partial charge in [0.1, 0.15) is 5.75 Å². The number of rotatable bonds is 7. The highest BCUT2D eigenvalue weighted by molar-refractivity contribution is 6.32. The van der Waals surface area contributed by atoms with Gasteiger partial charge in [0.05, 0.1) is 11.6 Å². The van der Waals surface area contributed by atoms with Gasteiger partial charge in [-0.05, 0) is 24.1 Å². The smallest absolute Gasteiger partial charge is 0.134 e. The van der Waals surface area contributed by atoms with Crippen molar-refractivity contribution < 1.29 is 9.84 Å². The molecular formula is C13H20ClNO2. The summed E-state index contributed by atoms with van der Waals surface area (Å²) in [6, 6.07) is 5.62. The summed E-state index contributed by atoms with van der Waals surface area (Å²) in [6.07, 6.45) is 2.21. The van der Waals surface area contributed by atoms with Crippen LogP contribution in [0.3, 0.4) is 0 Å². The second-order valence-corrected chi connectivity index (χ2v) is 4.51. The van der Waals surface area contributed by atoms with Crippen molar-refractivity contribution in [3.63, 3.8) is 0 Å². The Morgan fingerprint density at radius 1 is 1.47 bits per heavy atom. The average Bonchev–Trinajstić information content (AvgIpc) is 2.31. The molecule has 0 spiro atoms. The summed E-state index contributed by atoms with van der Waals surface area (Å²) in [5.41, 5.74) is 1.06. The highest BCUT2D eigenvalue weighted by atomic mass is 35.5. The average molecular weight is 258 g/mol. The molecule has 0 radical (unpaired) electrons. The highest BCUT2D eigenvalue weighted by Gasteiger charge is 2.07. The maximum absolute atomic E-state index is 9.32. The Bertz CT molecular complexity index is 338. The molecule has 1 aromatic carbocycles. The molecule has 17 heavy (non-hydrogen) atoms. The van der Waals surface area contributed by atoms with E-state index in [9.17, 15) is 5.11 Å². The molecule has 0 heterocycles. The van der Waals surface area contributed by atoms with Crippen LogP contribution in [0.5, 0.6) is 5.75 Å². The molecule has 2 N–H and O–H groups in total. The summed E-state index contributed by atoms with van der Waals surface area (Å²) in [6.45, 7) is 3.59. The first-order valence-electron chi connectivity index (χ1n) is 5.87.